The standard InChI is InChI=1S/C18H17NO6/c1-12(18(20)21)9-14-5-8-16(17(10-14)24-2)25-11-13-3-6-15(7-4-13)19(22)23/h3-10H,11H2,1-2H3,(H,20,21)/b12-9+. The van der Waals surface area contributed by atoms with Crippen LogP contribution in [-0.4, -0.2) is 23.1 Å². The van der Waals surface area contributed by atoms with Crippen LogP contribution in [0.15, 0.2) is 48.0 Å². The molecule has 7 heteroatoms. The van der Waals surface area contributed by atoms with Crippen molar-refractivity contribution in [3.05, 3.63) is 69.3 Å². The predicted molar refractivity (Wildman–Crippen MR) is 91.7 cm³/mol. The Kier molecular flexibility index (Phi) is 5.73. The van der Waals surface area contributed by atoms with Crippen molar-refractivity contribution in [1.82, 2.24) is 0 Å². The van der Waals surface area contributed by atoms with Gasteiger partial charge in [0.25, 0.3) is 5.69 Å². The molecule has 0 radical (unpaired) electrons. The minimum absolute atomic E-state index is 0.0197. The highest BCUT2D eigenvalue weighted by molar-refractivity contribution is 5.91. The molecule has 0 fully saturated rings. The number of non-ortho nitro benzene ring substituents is 1. The van der Waals surface area contributed by atoms with E-state index in [9.17, 15) is 14.9 Å². The molecule has 0 spiro atoms. The fourth-order valence-electron chi connectivity index (χ4n) is 2.08. The molecule has 0 aliphatic rings. The highest BCUT2D eigenvalue weighted by atomic mass is 16.6. The van der Waals surface area contributed by atoms with Gasteiger partial charge in [-0.3, -0.25) is 10.1 Å². The molecule has 130 valence electrons. The van der Waals surface area contributed by atoms with Gasteiger partial charge >= 0.3 is 5.97 Å². The summed E-state index contributed by atoms with van der Waals surface area (Å²) in [6, 6.07) is 11.2. The Bertz CT molecular complexity index is 811. The van der Waals surface area contributed by atoms with Crippen LogP contribution in [0.25, 0.3) is 6.08 Å². The van der Waals surface area contributed by atoms with E-state index in [4.69, 9.17) is 14.6 Å². The third kappa shape index (κ3) is 4.81. The predicted octanol–water partition coefficient (Wildman–Crippen LogP) is 3.67. The number of hydrogen-bond donors (Lipinski definition) is 1. The molecule has 0 atom stereocenters. The third-order valence-corrected chi connectivity index (χ3v) is 3.45. The number of ether oxygens (including phenoxy) is 2. The van der Waals surface area contributed by atoms with E-state index in [0.29, 0.717) is 17.1 Å². The van der Waals surface area contributed by atoms with Crippen molar-refractivity contribution >= 4 is 17.7 Å². The van der Waals surface area contributed by atoms with Crippen LogP contribution in [0.4, 0.5) is 5.69 Å². The van der Waals surface area contributed by atoms with Gasteiger partial charge in [-0.25, -0.2) is 4.79 Å². The minimum Gasteiger partial charge on any atom is -0.493 e. The number of carboxylic acid groups (broad SMARTS) is 1. The first-order valence-corrected chi connectivity index (χ1v) is 7.36. The average molecular weight is 343 g/mol. The molecular formula is C18H17NO6. The first kappa shape index (κ1) is 18.0. The lowest BCUT2D eigenvalue weighted by Crippen LogP contribution is -1.99. The maximum atomic E-state index is 10.9. The first-order valence-electron chi connectivity index (χ1n) is 7.36. The Balaban J connectivity index is 2.12. The highest BCUT2D eigenvalue weighted by Crippen LogP contribution is 2.29. The number of carbonyl (C=O) groups is 1. The summed E-state index contributed by atoms with van der Waals surface area (Å²) < 4.78 is 11.0. The van der Waals surface area contributed by atoms with E-state index in [1.54, 1.807) is 30.3 Å². The van der Waals surface area contributed by atoms with E-state index in [2.05, 4.69) is 0 Å². The quantitative estimate of drug-likeness (QED) is 0.468. The zero-order valence-corrected chi connectivity index (χ0v) is 13.8. The second kappa shape index (κ2) is 7.96. The lowest BCUT2D eigenvalue weighted by Gasteiger charge is -2.11. The largest absolute Gasteiger partial charge is 0.493 e. The summed E-state index contributed by atoms with van der Waals surface area (Å²) in [4.78, 5) is 21.1. The second-order valence-electron chi connectivity index (χ2n) is 5.26. The molecule has 0 amide bonds. The summed E-state index contributed by atoms with van der Waals surface area (Å²) in [6.45, 7) is 1.73. The third-order valence-electron chi connectivity index (χ3n) is 3.45. The van der Waals surface area contributed by atoms with E-state index >= 15 is 0 Å². The number of rotatable bonds is 7. The number of benzene rings is 2. The average Bonchev–Trinajstić information content (AvgIpc) is 2.60. The Hall–Kier alpha value is -3.35. The minimum atomic E-state index is -0.988. The number of nitro benzene ring substituents is 1. The number of methoxy groups -OCH3 is 1. The zero-order valence-electron chi connectivity index (χ0n) is 13.8. The molecule has 0 aromatic heterocycles. The molecule has 0 aliphatic heterocycles. The Morgan fingerprint density at radius 2 is 1.88 bits per heavy atom. The van der Waals surface area contributed by atoms with Crippen molar-refractivity contribution < 1.29 is 24.3 Å². The second-order valence-corrected chi connectivity index (χ2v) is 5.26. The fourth-order valence-corrected chi connectivity index (χ4v) is 2.08. The van der Waals surface area contributed by atoms with Crippen molar-refractivity contribution in [2.24, 2.45) is 0 Å². The molecule has 2 rings (SSSR count). The Morgan fingerprint density at radius 1 is 1.20 bits per heavy atom. The molecule has 1 N–H and O–H groups in total. The maximum Gasteiger partial charge on any atom is 0.331 e. The first-order chi connectivity index (χ1) is 11.9. The smallest absolute Gasteiger partial charge is 0.331 e. The van der Waals surface area contributed by atoms with Crippen LogP contribution >= 0.6 is 0 Å². The van der Waals surface area contributed by atoms with Gasteiger partial charge in [0.15, 0.2) is 11.5 Å². The van der Waals surface area contributed by atoms with Gasteiger partial charge in [-0.1, -0.05) is 6.07 Å². The van der Waals surface area contributed by atoms with E-state index in [-0.39, 0.29) is 17.9 Å². The zero-order chi connectivity index (χ0) is 18.4. The van der Waals surface area contributed by atoms with Gasteiger partial charge in [0, 0.05) is 17.7 Å². The lowest BCUT2D eigenvalue weighted by atomic mass is 10.1. The highest BCUT2D eigenvalue weighted by Gasteiger charge is 2.08. The van der Waals surface area contributed by atoms with Crippen LogP contribution in [0.1, 0.15) is 18.1 Å². The lowest BCUT2D eigenvalue weighted by molar-refractivity contribution is -0.384. The SMILES string of the molecule is COc1cc(/C=C(\C)C(=O)O)ccc1OCc1ccc([N+](=O)[O-])cc1. The number of hydrogen-bond acceptors (Lipinski definition) is 5. The van der Waals surface area contributed by atoms with Crippen molar-refractivity contribution in [1.29, 1.82) is 0 Å². The van der Waals surface area contributed by atoms with Crippen molar-refractivity contribution in [2.45, 2.75) is 13.5 Å². The van der Waals surface area contributed by atoms with Crippen LogP contribution in [0.2, 0.25) is 0 Å². The molecule has 7 nitrogen and oxygen atoms in total. The van der Waals surface area contributed by atoms with Gasteiger partial charge < -0.3 is 14.6 Å². The summed E-state index contributed by atoms with van der Waals surface area (Å²) in [5.74, 6) is -0.0303. The van der Waals surface area contributed by atoms with Crippen LogP contribution in [0.5, 0.6) is 11.5 Å². The van der Waals surface area contributed by atoms with Gasteiger partial charge in [0.05, 0.1) is 12.0 Å². The van der Waals surface area contributed by atoms with Gasteiger partial charge in [0.2, 0.25) is 0 Å². The van der Waals surface area contributed by atoms with Crippen LogP contribution in [0.3, 0.4) is 0 Å². The van der Waals surface area contributed by atoms with Gasteiger partial charge in [0.1, 0.15) is 6.61 Å². The number of carboxylic acids is 1. The number of nitrogens with zero attached hydrogens (tertiary/aromatic N) is 1. The molecule has 0 saturated carbocycles. The summed E-state index contributed by atoms with van der Waals surface area (Å²) in [6.07, 6.45) is 1.53. The van der Waals surface area contributed by atoms with E-state index in [0.717, 1.165) is 5.56 Å². The van der Waals surface area contributed by atoms with Crippen molar-refractivity contribution in [3.8, 4) is 11.5 Å². The summed E-state index contributed by atoms with van der Waals surface area (Å²) in [5, 5.41) is 19.6. The van der Waals surface area contributed by atoms with E-state index in [1.165, 1.54) is 32.2 Å². The monoisotopic (exact) mass is 343 g/mol. The van der Waals surface area contributed by atoms with Crippen molar-refractivity contribution in [3.63, 3.8) is 0 Å². The molecule has 0 heterocycles. The molecule has 0 bridgehead atoms. The fraction of sp³-hybridized carbons (Fsp3) is 0.167. The van der Waals surface area contributed by atoms with Gasteiger partial charge in [-0.2, -0.15) is 0 Å². The summed E-state index contributed by atoms with van der Waals surface area (Å²) in [7, 11) is 1.49. The molecule has 0 unspecified atom stereocenters. The number of aliphatic carboxylic acids is 1. The molecule has 25 heavy (non-hydrogen) atoms. The summed E-state index contributed by atoms with van der Waals surface area (Å²) >= 11 is 0. The van der Waals surface area contributed by atoms with Crippen LogP contribution in [-0.2, 0) is 11.4 Å². The van der Waals surface area contributed by atoms with Crippen LogP contribution in [0, 0.1) is 10.1 Å². The summed E-state index contributed by atoms with van der Waals surface area (Å²) in [5.41, 5.74) is 1.69. The molecule has 0 saturated heterocycles. The van der Waals surface area contributed by atoms with E-state index in [1.807, 2.05) is 0 Å². The molecule has 0 aliphatic carbocycles. The number of nitro groups is 1. The molecule has 2 aromatic rings. The topological polar surface area (TPSA) is 98.9 Å². The van der Waals surface area contributed by atoms with Gasteiger partial charge in [-0.15, -0.1) is 0 Å². The molecule has 2 aromatic carbocycles. The van der Waals surface area contributed by atoms with Gasteiger partial charge in [-0.05, 0) is 48.4 Å². The normalized spacial score (nSPS) is 11.0. The Labute approximate surface area is 144 Å². The maximum absolute atomic E-state index is 10.9. The Morgan fingerprint density at radius 3 is 2.44 bits per heavy atom. The molecular weight excluding hydrogens is 326 g/mol. The van der Waals surface area contributed by atoms with Crippen LogP contribution < -0.4 is 9.47 Å². The van der Waals surface area contributed by atoms with Crippen molar-refractivity contribution in [2.75, 3.05) is 7.11 Å². The van der Waals surface area contributed by atoms with E-state index < -0.39 is 10.9 Å².